The summed E-state index contributed by atoms with van der Waals surface area (Å²) in [5, 5.41) is 0. The fourth-order valence-corrected chi connectivity index (χ4v) is 2.88. The van der Waals surface area contributed by atoms with Crippen LogP contribution in [0.25, 0.3) is 0 Å². The molecule has 3 rings (SSSR count). The summed E-state index contributed by atoms with van der Waals surface area (Å²) >= 11 is 0. The van der Waals surface area contributed by atoms with Gasteiger partial charge in [0.15, 0.2) is 0 Å². The molecule has 0 atom stereocenters. The van der Waals surface area contributed by atoms with Gasteiger partial charge in [0.1, 0.15) is 0 Å². The van der Waals surface area contributed by atoms with Crippen LogP contribution in [0.3, 0.4) is 0 Å². The SMILES string of the molecule is B=C1c2ccccc2C(=O)N1CCCN1CC(OC)C1. The number of carbonyl (C=O) groups excluding carboxylic acids is 1. The number of nitrogens with zero attached hydrogens (tertiary/aromatic N) is 2. The van der Waals surface area contributed by atoms with Crippen molar-refractivity contribution in [2.75, 3.05) is 33.3 Å². The average Bonchev–Trinajstić information content (AvgIpc) is 2.66. The molecule has 1 amide bonds. The van der Waals surface area contributed by atoms with Gasteiger partial charge in [-0.05, 0) is 0 Å². The quantitative estimate of drug-likeness (QED) is 0.719. The molecule has 2 aliphatic rings. The van der Waals surface area contributed by atoms with Crippen molar-refractivity contribution in [3.8, 4) is 0 Å². The Balaban J connectivity index is 1.52. The average molecular weight is 270 g/mol. The third-order valence-corrected chi connectivity index (χ3v) is 4.15. The van der Waals surface area contributed by atoms with Crippen molar-refractivity contribution < 1.29 is 9.53 Å². The first-order valence-corrected chi connectivity index (χ1v) is 7.06. The number of hydrogen-bond acceptors (Lipinski definition) is 3. The van der Waals surface area contributed by atoms with E-state index in [1.807, 2.05) is 24.3 Å². The van der Waals surface area contributed by atoms with Gasteiger partial charge in [-0.25, -0.2) is 0 Å². The molecule has 0 bridgehead atoms. The zero-order valence-electron chi connectivity index (χ0n) is 11.8. The maximum atomic E-state index is 12.3. The summed E-state index contributed by atoms with van der Waals surface area (Å²) in [4.78, 5) is 16.5. The molecule has 0 N–H and O–H groups in total. The predicted octanol–water partition coefficient (Wildman–Crippen LogP) is 0.242. The van der Waals surface area contributed by atoms with E-state index in [9.17, 15) is 4.79 Å². The van der Waals surface area contributed by atoms with Crippen LogP contribution in [0.15, 0.2) is 24.3 Å². The molecule has 4 nitrogen and oxygen atoms in total. The Bertz CT molecular complexity index is 505. The minimum atomic E-state index is 0.0870. The van der Waals surface area contributed by atoms with Gasteiger partial charge in [0, 0.05) is 0 Å². The minimum absolute atomic E-state index is 0.0870. The first-order valence-electron chi connectivity index (χ1n) is 7.06. The molecule has 104 valence electrons. The second-order valence-electron chi connectivity index (χ2n) is 5.42. The van der Waals surface area contributed by atoms with Crippen LogP contribution in [-0.4, -0.2) is 68.2 Å². The molecule has 0 radical (unpaired) electrons. The normalized spacial score (nSPS) is 19.3. The van der Waals surface area contributed by atoms with Crippen molar-refractivity contribution in [2.45, 2.75) is 12.5 Å². The van der Waals surface area contributed by atoms with Gasteiger partial charge in [-0.3, -0.25) is 0 Å². The first-order chi connectivity index (χ1) is 9.70. The molecule has 2 heterocycles. The van der Waals surface area contributed by atoms with Crippen molar-refractivity contribution in [3.05, 3.63) is 35.4 Å². The fraction of sp³-hybridized carbons (Fsp3) is 0.467. The number of methoxy groups -OCH3 is 1. The van der Waals surface area contributed by atoms with Crippen LogP contribution in [0.4, 0.5) is 0 Å². The Morgan fingerprint density at radius 2 is 1.95 bits per heavy atom. The molecule has 1 aromatic rings. The van der Waals surface area contributed by atoms with E-state index in [0.717, 1.165) is 49.3 Å². The number of likely N-dealkylation sites (tertiary alicyclic amines) is 1. The van der Waals surface area contributed by atoms with Crippen LogP contribution in [0.2, 0.25) is 0 Å². The Kier molecular flexibility index (Phi) is 3.72. The van der Waals surface area contributed by atoms with Crippen molar-refractivity contribution >= 4 is 19.0 Å². The standard InChI is InChI=1S/C15H19BN2O2/c1-20-11-9-17(10-11)7-4-8-18-14(16)12-5-2-3-6-13(12)15(18)19/h2-3,5-6,11,16H,4,7-10H2,1H3. The molecule has 0 saturated carbocycles. The molecule has 0 unspecified atom stereocenters. The number of carbonyl (C=O) groups is 1. The molecule has 20 heavy (non-hydrogen) atoms. The molecule has 1 aromatic carbocycles. The maximum absolute atomic E-state index is 12.3. The van der Waals surface area contributed by atoms with Crippen LogP contribution in [0, 0.1) is 0 Å². The van der Waals surface area contributed by atoms with E-state index in [0.29, 0.717) is 6.10 Å². The Morgan fingerprint density at radius 1 is 1.25 bits per heavy atom. The number of rotatable bonds is 5. The van der Waals surface area contributed by atoms with E-state index in [2.05, 4.69) is 12.4 Å². The fourth-order valence-electron chi connectivity index (χ4n) is 2.88. The van der Waals surface area contributed by atoms with E-state index < -0.39 is 0 Å². The molecule has 5 heteroatoms. The van der Waals surface area contributed by atoms with Gasteiger partial charge in [0.25, 0.3) is 0 Å². The number of fused-ring (bicyclic) bond motifs is 1. The summed E-state index contributed by atoms with van der Waals surface area (Å²) in [6, 6.07) is 7.69. The molecule has 0 spiro atoms. The van der Waals surface area contributed by atoms with Gasteiger partial charge >= 0.3 is 120 Å². The third-order valence-electron chi connectivity index (χ3n) is 4.15. The number of amides is 1. The first kappa shape index (κ1) is 13.5. The molecular formula is C15H19BN2O2. The Hall–Kier alpha value is -1.46. The second kappa shape index (κ2) is 5.50. The summed E-state index contributed by atoms with van der Waals surface area (Å²) in [5.41, 5.74) is 2.59. The van der Waals surface area contributed by atoms with Gasteiger partial charge in [0.2, 0.25) is 0 Å². The molecule has 0 aromatic heterocycles. The van der Waals surface area contributed by atoms with E-state index in [1.54, 1.807) is 12.0 Å². The monoisotopic (exact) mass is 270 g/mol. The number of ether oxygens (including phenoxy) is 1. The van der Waals surface area contributed by atoms with Gasteiger partial charge in [-0.2, -0.15) is 0 Å². The van der Waals surface area contributed by atoms with Crippen LogP contribution in [0.5, 0.6) is 0 Å². The third kappa shape index (κ3) is 2.32. The van der Waals surface area contributed by atoms with Crippen LogP contribution >= 0.6 is 0 Å². The van der Waals surface area contributed by atoms with Gasteiger partial charge in [-0.1, -0.05) is 0 Å². The molecule has 0 aliphatic carbocycles. The number of hydrogen-bond donors (Lipinski definition) is 0. The van der Waals surface area contributed by atoms with Gasteiger partial charge in [0.05, 0.1) is 0 Å². The van der Waals surface area contributed by atoms with Crippen molar-refractivity contribution in [1.29, 1.82) is 0 Å². The van der Waals surface area contributed by atoms with Crippen molar-refractivity contribution in [1.82, 2.24) is 9.80 Å². The zero-order chi connectivity index (χ0) is 14.1. The second-order valence-corrected chi connectivity index (χ2v) is 5.42. The van der Waals surface area contributed by atoms with Crippen molar-refractivity contribution in [3.63, 3.8) is 0 Å². The zero-order valence-corrected chi connectivity index (χ0v) is 11.8. The van der Waals surface area contributed by atoms with Crippen LogP contribution < -0.4 is 0 Å². The Labute approximate surface area is 120 Å². The summed E-state index contributed by atoms with van der Waals surface area (Å²) in [7, 11) is 5.81. The van der Waals surface area contributed by atoms with Gasteiger partial charge in [-0.15, -0.1) is 0 Å². The predicted molar refractivity (Wildman–Crippen MR) is 80.6 cm³/mol. The summed E-state index contributed by atoms with van der Waals surface area (Å²) in [5.74, 6) is 0.0870. The van der Waals surface area contributed by atoms with E-state index in [-0.39, 0.29) is 5.91 Å². The van der Waals surface area contributed by atoms with Crippen molar-refractivity contribution in [2.24, 2.45) is 0 Å². The Morgan fingerprint density at radius 3 is 2.60 bits per heavy atom. The van der Waals surface area contributed by atoms with E-state index in [4.69, 9.17) is 4.74 Å². The molecule has 1 fully saturated rings. The van der Waals surface area contributed by atoms with Crippen LogP contribution in [-0.2, 0) is 4.74 Å². The van der Waals surface area contributed by atoms with Crippen LogP contribution in [0.1, 0.15) is 22.3 Å². The van der Waals surface area contributed by atoms with Gasteiger partial charge < -0.3 is 0 Å². The molecular weight excluding hydrogens is 251 g/mol. The van der Waals surface area contributed by atoms with E-state index >= 15 is 0 Å². The summed E-state index contributed by atoms with van der Waals surface area (Å²) in [6.07, 6.45) is 1.36. The number of benzene rings is 1. The molecule has 1 saturated heterocycles. The topological polar surface area (TPSA) is 32.8 Å². The summed E-state index contributed by atoms with van der Waals surface area (Å²) < 4.78 is 5.25. The summed E-state index contributed by atoms with van der Waals surface area (Å²) in [6.45, 7) is 3.75. The molecule has 2 aliphatic heterocycles. The van der Waals surface area contributed by atoms with E-state index in [1.165, 1.54) is 0 Å².